The molecule has 0 amide bonds. The summed E-state index contributed by atoms with van der Waals surface area (Å²) >= 11 is 0. The first kappa shape index (κ1) is 47.1. The Hall–Kier alpha value is -10.7. The van der Waals surface area contributed by atoms with Crippen molar-refractivity contribution in [3.63, 3.8) is 0 Å². The summed E-state index contributed by atoms with van der Waals surface area (Å²) < 4.78 is 13.4. The van der Waals surface area contributed by atoms with Crippen molar-refractivity contribution in [1.29, 1.82) is 0 Å². The zero-order chi connectivity index (χ0) is 54.6. The third-order valence-electron chi connectivity index (χ3n) is 18.1. The Morgan fingerprint density at radius 2 is 0.578 bits per heavy atom. The topological polar surface area (TPSA) is 21.7 Å². The van der Waals surface area contributed by atoms with Gasteiger partial charge in [-0.1, -0.05) is 255 Å². The maximum Gasteiger partial charge on any atom is 0.132 e. The second kappa shape index (κ2) is 18.4. The van der Waals surface area contributed by atoms with E-state index >= 15 is 0 Å². The Morgan fingerprint density at radius 1 is 0.217 bits per heavy atom. The van der Waals surface area contributed by atoms with Crippen LogP contribution < -0.4 is 14.4 Å². The van der Waals surface area contributed by atoms with Gasteiger partial charge in [-0.2, -0.15) is 0 Å². The van der Waals surface area contributed by atoms with Crippen LogP contribution in [-0.4, -0.2) is 0 Å². The molecular formula is C80H51NO2. The Labute approximate surface area is 483 Å². The number of fused-ring (bicyclic) bond motifs is 18. The fraction of sp³-hybridized carbons (Fsp3) is 0.0250. The van der Waals surface area contributed by atoms with Gasteiger partial charge in [0.15, 0.2) is 0 Å². The molecular weight excluding hydrogens is 1010 g/mol. The number of para-hydroxylation sites is 6. The van der Waals surface area contributed by atoms with Crippen LogP contribution in [0, 0.1) is 0 Å². The number of rotatable bonds is 7. The largest absolute Gasteiger partial charge is 0.457 e. The molecule has 0 N–H and O–H groups in total. The predicted octanol–water partition coefficient (Wildman–Crippen LogP) is 20.8. The van der Waals surface area contributed by atoms with Crippen LogP contribution in [0.1, 0.15) is 44.5 Å². The molecule has 0 aromatic heterocycles. The third kappa shape index (κ3) is 6.80. The number of hydrogen-bond donors (Lipinski definition) is 0. The lowest BCUT2D eigenvalue weighted by molar-refractivity contribution is 0.436. The molecule has 13 aromatic rings. The van der Waals surface area contributed by atoms with Crippen molar-refractivity contribution < 1.29 is 9.47 Å². The number of ether oxygens (including phenoxy) is 2. The van der Waals surface area contributed by atoms with E-state index in [1.165, 1.54) is 61.2 Å². The van der Waals surface area contributed by atoms with Crippen LogP contribution in [0.4, 0.5) is 17.1 Å². The van der Waals surface area contributed by atoms with Crippen LogP contribution in [0.25, 0.3) is 66.8 Å². The second-order valence-electron chi connectivity index (χ2n) is 22.1. The van der Waals surface area contributed by atoms with Gasteiger partial charge < -0.3 is 14.4 Å². The summed E-state index contributed by atoms with van der Waals surface area (Å²) in [6.45, 7) is 0. The summed E-state index contributed by atoms with van der Waals surface area (Å²) in [5, 5.41) is 0. The van der Waals surface area contributed by atoms with E-state index in [2.05, 4.69) is 314 Å². The molecule has 2 spiro atoms. The number of benzene rings is 13. The van der Waals surface area contributed by atoms with Gasteiger partial charge in [0.1, 0.15) is 23.0 Å². The summed E-state index contributed by atoms with van der Waals surface area (Å²) in [5.74, 6) is 3.54. The van der Waals surface area contributed by atoms with E-state index in [9.17, 15) is 0 Å². The molecule has 2 heterocycles. The zero-order valence-corrected chi connectivity index (χ0v) is 45.2. The lowest BCUT2D eigenvalue weighted by Crippen LogP contribution is -2.32. The van der Waals surface area contributed by atoms with Gasteiger partial charge in [-0.25, -0.2) is 0 Å². The van der Waals surface area contributed by atoms with E-state index in [-0.39, 0.29) is 0 Å². The molecule has 4 aliphatic rings. The minimum absolute atomic E-state index is 0.561. The number of hydrogen-bond acceptors (Lipinski definition) is 3. The standard InChI is InChI=1S/C80H51NO2/c1-2-21-52(22-3-1)53-41-43-54(44-42-53)58-23-6-14-35-72(58)81(57-48-45-55(46-49-57)60-27-20-34-70-78(60)63-26-5-9-29-65(63)79(70)66-30-10-16-37-74(66)82-75-38-17-11-31-67(75)79)73-36-15-7-24-59(73)56-47-50-62-61-25-4-8-28-64(61)80(71(62)51-56)68-32-12-18-39-76(68)83-77-40-19-13-33-69(77)80/h1-51H. The SMILES string of the molecule is c1ccc(-c2ccc(-c3ccccc3N(c3ccc(-c4cccc5c4-c4ccccc4C54c5ccccc5Oc5ccccc54)cc3)c3ccccc3-c3ccc4c(c3)C3(c5ccccc5Oc5ccccc53)c3ccccc3-4)cc2)cc1. The monoisotopic (exact) mass is 1060 g/mol. The number of nitrogens with zero attached hydrogens (tertiary/aromatic N) is 1. The van der Waals surface area contributed by atoms with E-state index in [1.807, 2.05) is 0 Å². The Morgan fingerprint density at radius 3 is 1.16 bits per heavy atom. The van der Waals surface area contributed by atoms with Crippen LogP contribution >= 0.6 is 0 Å². The molecule has 388 valence electrons. The summed E-state index contributed by atoms with van der Waals surface area (Å²) in [5.41, 5.74) is 25.9. The van der Waals surface area contributed by atoms with Gasteiger partial charge >= 0.3 is 0 Å². The molecule has 0 radical (unpaired) electrons. The molecule has 13 aromatic carbocycles. The van der Waals surface area contributed by atoms with Gasteiger partial charge in [0.25, 0.3) is 0 Å². The molecule has 2 aliphatic heterocycles. The van der Waals surface area contributed by atoms with E-state index in [1.54, 1.807) is 0 Å². The Balaban J connectivity index is 0.854. The Bertz CT molecular complexity index is 4660. The molecule has 83 heavy (non-hydrogen) atoms. The average molecular weight is 1060 g/mol. The quantitative estimate of drug-likeness (QED) is 0.159. The summed E-state index contributed by atoms with van der Waals surface area (Å²) in [7, 11) is 0. The molecule has 0 atom stereocenters. The minimum atomic E-state index is -0.606. The van der Waals surface area contributed by atoms with Crippen molar-refractivity contribution in [2.24, 2.45) is 0 Å². The highest BCUT2D eigenvalue weighted by molar-refractivity contribution is 5.99. The molecule has 0 fully saturated rings. The fourth-order valence-corrected chi connectivity index (χ4v) is 14.7. The summed E-state index contributed by atoms with van der Waals surface area (Å²) in [4.78, 5) is 2.48. The molecule has 0 bridgehead atoms. The van der Waals surface area contributed by atoms with Crippen LogP contribution in [0.15, 0.2) is 309 Å². The molecule has 0 saturated carbocycles. The van der Waals surface area contributed by atoms with Gasteiger partial charge in [-0.15, -0.1) is 0 Å². The molecule has 3 heteroatoms. The molecule has 0 saturated heterocycles. The zero-order valence-electron chi connectivity index (χ0n) is 45.2. The predicted molar refractivity (Wildman–Crippen MR) is 338 cm³/mol. The van der Waals surface area contributed by atoms with Crippen molar-refractivity contribution in [2.75, 3.05) is 4.90 Å². The maximum absolute atomic E-state index is 6.75. The minimum Gasteiger partial charge on any atom is -0.457 e. The fourth-order valence-electron chi connectivity index (χ4n) is 14.7. The normalized spacial score (nSPS) is 13.7. The molecule has 3 nitrogen and oxygen atoms in total. The highest BCUT2D eigenvalue weighted by atomic mass is 16.5. The summed E-state index contributed by atoms with van der Waals surface area (Å²) in [6.07, 6.45) is 0. The van der Waals surface area contributed by atoms with Gasteiger partial charge in [0, 0.05) is 39.1 Å². The van der Waals surface area contributed by atoms with Crippen molar-refractivity contribution in [3.05, 3.63) is 354 Å². The Kier molecular flexibility index (Phi) is 10.4. The third-order valence-corrected chi connectivity index (χ3v) is 18.1. The van der Waals surface area contributed by atoms with E-state index in [0.717, 1.165) is 90.1 Å². The van der Waals surface area contributed by atoms with Gasteiger partial charge in [-0.3, -0.25) is 0 Å². The van der Waals surface area contributed by atoms with E-state index in [0.29, 0.717) is 0 Å². The van der Waals surface area contributed by atoms with Crippen LogP contribution in [0.5, 0.6) is 23.0 Å². The summed E-state index contributed by atoms with van der Waals surface area (Å²) in [6, 6.07) is 113. The average Bonchev–Trinajstić information content (AvgIpc) is 1.94. The first-order valence-electron chi connectivity index (χ1n) is 28.6. The first-order valence-corrected chi connectivity index (χ1v) is 28.6. The number of anilines is 3. The van der Waals surface area contributed by atoms with Gasteiger partial charge in [0.05, 0.1) is 22.2 Å². The van der Waals surface area contributed by atoms with E-state index < -0.39 is 10.8 Å². The van der Waals surface area contributed by atoms with Crippen LogP contribution in [-0.2, 0) is 10.8 Å². The van der Waals surface area contributed by atoms with E-state index in [4.69, 9.17) is 9.47 Å². The molecule has 17 rings (SSSR count). The first-order chi connectivity index (χ1) is 41.2. The second-order valence-corrected chi connectivity index (χ2v) is 22.1. The van der Waals surface area contributed by atoms with Crippen molar-refractivity contribution >= 4 is 17.1 Å². The van der Waals surface area contributed by atoms with Crippen molar-refractivity contribution in [2.45, 2.75) is 10.8 Å². The molecule has 0 unspecified atom stereocenters. The lowest BCUT2D eigenvalue weighted by atomic mass is 9.66. The molecule has 2 aliphatic carbocycles. The highest BCUT2D eigenvalue weighted by Gasteiger charge is 2.53. The van der Waals surface area contributed by atoms with Crippen molar-refractivity contribution in [3.8, 4) is 89.8 Å². The lowest BCUT2D eigenvalue weighted by Gasteiger charge is -2.39. The van der Waals surface area contributed by atoms with Gasteiger partial charge in [0.2, 0.25) is 0 Å². The smallest absolute Gasteiger partial charge is 0.132 e. The van der Waals surface area contributed by atoms with Crippen LogP contribution in [0.2, 0.25) is 0 Å². The highest BCUT2D eigenvalue weighted by Crippen LogP contribution is 2.65. The van der Waals surface area contributed by atoms with Crippen molar-refractivity contribution in [1.82, 2.24) is 0 Å². The van der Waals surface area contributed by atoms with Crippen LogP contribution in [0.3, 0.4) is 0 Å². The van der Waals surface area contributed by atoms with Gasteiger partial charge in [-0.05, 0) is 132 Å². The maximum atomic E-state index is 6.75.